The molecule has 0 bridgehead atoms. The van der Waals surface area contributed by atoms with E-state index in [0.29, 0.717) is 0 Å². The summed E-state index contributed by atoms with van der Waals surface area (Å²) in [5.41, 5.74) is 0.837. The van der Waals surface area contributed by atoms with Crippen molar-refractivity contribution in [2.45, 2.75) is 6.61 Å². The standard InChI is InChI=1S/C13H11N3O/c17-8-10-7-15-13(16-6-5-14-9-16)12-4-2-1-3-11(10)12/h1-7,9,17H,8H2. The third-order valence-electron chi connectivity index (χ3n) is 2.78. The van der Waals surface area contributed by atoms with Crippen molar-refractivity contribution in [1.29, 1.82) is 0 Å². The van der Waals surface area contributed by atoms with Crippen LogP contribution in [0, 0.1) is 0 Å². The first-order valence-electron chi connectivity index (χ1n) is 5.36. The van der Waals surface area contributed by atoms with Crippen LogP contribution < -0.4 is 0 Å². The van der Waals surface area contributed by atoms with Gasteiger partial charge in [0.2, 0.25) is 0 Å². The van der Waals surface area contributed by atoms with Crippen molar-refractivity contribution < 1.29 is 5.11 Å². The fraction of sp³-hybridized carbons (Fsp3) is 0.0769. The maximum Gasteiger partial charge on any atom is 0.145 e. The first-order valence-corrected chi connectivity index (χ1v) is 5.36. The van der Waals surface area contributed by atoms with Gasteiger partial charge in [-0.2, -0.15) is 0 Å². The first-order chi connectivity index (χ1) is 8.40. The van der Waals surface area contributed by atoms with E-state index in [4.69, 9.17) is 0 Å². The van der Waals surface area contributed by atoms with Gasteiger partial charge in [-0.25, -0.2) is 9.97 Å². The van der Waals surface area contributed by atoms with Crippen molar-refractivity contribution in [3.8, 4) is 5.82 Å². The summed E-state index contributed by atoms with van der Waals surface area (Å²) in [6, 6.07) is 7.91. The zero-order chi connectivity index (χ0) is 11.7. The van der Waals surface area contributed by atoms with Crippen LogP contribution in [0.15, 0.2) is 49.2 Å². The van der Waals surface area contributed by atoms with E-state index < -0.39 is 0 Å². The molecule has 0 saturated carbocycles. The molecule has 0 aliphatic rings. The molecular formula is C13H11N3O. The molecule has 3 aromatic rings. The van der Waals surface area contributed by atoms with Crippen molar-refractivity contribution in [1.82, 2.24) is 14.5 Å². The van der Waals surface area contributed by atoms with Gasteiger partial charge in [0.25, 0.3) is 0 Å². The van der Waals surface area contributed by atoms with Crippen LogP contribution in [-0.2, 0) is 6.61 Å². The zero-order valence-corrected chi connectivity index (χ0v) is 9.11. The molecule has 1 N–H and O–H groups in total. The second kappa shape index (κ2) is 3.99. The third kappa shape index (κ3) is 1.59. The smallest absolute Gasteiger partial charge is 0.145 e. The summed E-state index contributed by atoms with van der Waals surface area (Å²) in [4.78, 5) is 8.40. The van der Waals surface area contributed by atoms with Crippen molar-refractivity contribution in [2.75, 3.05) is 0 Å². The number of hydrogen-bond acceptors (Lipinski definition) is 3. The number of benzene rings is 1. The van der Waals surface area contributed by atoms with Gasteiger partial charge in [0, 0.05) is 29.5 Å². The van der Waals surface area contributed by atoms with E-state index in [-0.39, 0.29) is 6.61 Å². The molecule has 4 nitrogen and oxygen atoms in total. The molecule has 0 atom stereocenters. The van der Waals surface area contributed by atoms with Crippen LogP contribution in [0.3, 0.4) is 0 Å². The number of imidazole rings is 1. The summed E-state index contributed by atoms with van der Waals surface area (Å²) in [5.74, 6) is 0.829. The normalized spacial score (nSPS) is 10.9. The van der Waals surface area contributed by atoms with E-state index in [1.54, 1.807) is 18.7 Å². The Labute approximate surface area is 98.2 Å². The molecule has 2 aromatic heterocycles. The second-order valence-electron chi connectivity index (χ2n) is 3.78. The van der Waals surface area contributed by atoms with Crippen LogP contribution in [0.4, 0.5) is 0 Å². The molecule has 4 heteroatoms. The highest BCUT2D eigenvalue weighted by atomic mass is 16.3. The average molecular weight is 225 g/mol. The van der Waals surface area contributed by atoms with Gasteiger partial charge >= 0.3 is 0 Å². The predicted molar refractivity (Wildman–Crippen MR) is 64.8 cm³/mol. The molecule has 17 heavy (non-hydrogen) atoms. The summed E-state index contributed by atoms with van der Waals surface area (Å²) < 4.78 is 1.86. The molecule has 0 amide bonds. The Kier molecular flexibility index (Phi) is 2.34. The summed E-state index contributed by atoms with van der Waals surface area (Å²) >= 11 is 0. The number of fused-ring (bicyclic) bond motifs is 1. The van der Waals surface area contributed by atoms with Gasteiger partial charge in [0.05, 0.1) is 6.61 Å². The minimum absolute atomic E-state index is 0.00226. The highest BCUT2D eigenvalue weighted by Gasteiger charge is 2.07. The van der Waals surface area contributed by atoms with Crippen LogP contribution in [0.1, 0.15) is 5.56 Å². The number of nitrogens with zero attached hydrogens (tertiary/aromatic N) is 3. The van der Waals surface area contributed by atoms with E-state index in [1.807, 2.05) is 35.0 Å². The number of aliphatic hydroxyl groups is 1. The van der Waals surface area contributed by atoms with Gasteiger partial charge < -0.3 is 5.11 Å². The van der Waals surface area contributed by atoms with Crippen LogP contribution >= 0.6 is 0 Å². The first kappa shape index (κ1) is 9.99. The molecule has 3 rings (SSSR count). The summed E-state index contributed by atoms with van der Waals surface area (Å²) in [6.07, 6.45) is 6.99. The molecule has 1 aromatic carbocycles. The lowest BCUT2D eigenvalue weighted by Crippen LogP contribution is -1.98. The maximum absolute atomic E-state index is 9.30. The van der Waals surface area contributed by atoms with Gasteiger partial charge in [-0.3, -0.25) is 4.57 Å². The highest BCUT2D eigenvalue weighted by molar-refractivity contribution is 5.90. The average Bonchev–Trinajstić information content (AvgIpc) is 2.91. The summed E-state index contributed by atoms with van der Waals surface area (Å²) in [5, 5.41) is 11.3. The van der Waals surface area contributed by atoms with Crippen LogP contribution in [0.25, 0.3) is 16.6 Å². The number of aliphatic hydroxyl groups excluding tert-OH is 1. The van der Waals surface area contributed by atoms with E-state index in [0.717, 1.165) is 22.2 Å². The van der Waals surface area contributed by atoms with E-state index in [1.165, 1.54) is 0 Å². The van der Waals surface area contributed by atoms with Gasteiger partial charge in [0.15, 0.2) is 0 Å². The molecule has 2 heterocycles. The van der Waals surface area contributed by atoms with Crippen molar-refractivity contribution in [2.24, 2.45) is 0 Å². The molecule has 0 radical (unpaired) electrons. The third-order valence-corrected chi connectivity index (χ3v) is 2.78. The molecule has 0 fully saturated rings. The van der Waals surface area contributed by atoms with Gasteiger partial charge in [0.1, 0.15) is 12.1 Å². The monoisotopic (exact) mass is 225 g/mol. The molecule has 0 saturated heterocycles. The molecule has 0 aliphatic carbocycles. The Morgan fingerprint density at radius 3 is 2.71 bits per heavy atom. The van der Waals surface area contributed by atoms with Gasteiger partial charge in [-0.1, -0.05) is 24.3 Å². The van der Waals surface area contributed by atoms with Gasteiger partial charge in [-0.05, 0) is 5.39 Å². The fourth-order valence-corrected chi connectivity index (χ4v) is 1.95. The highest BCUT2D eigenvalue weighted by Crippen LogP contribution is 2.23. The van der Waals surface area contributed by atoms with Crippen molar-refractivity contribution in [3.63, 3.8) is 0 Å². The van der Waals surface area contributed by atoms with Gasteiger partial charge in [-0.15, -0.1) is 0 Å². The van der Waals surface area contributed by atoms with Crippen LogP contribution in [-0.4, -0.2) is 19.6 Å². The number of hydrogen-bond donors (Lipinski definition) is 1. The largest absolute Gasteiger partial charge is 0.392 e. The molecule has 0 unspecified atom stereocenters. The molecular weight excluding hydrogens is 214 g/mol. The number of aromatic nitrogens is 3. The lowest BCUT2D eigenvalue weighted by Gasteiger charge is -2.08. The molecule has 84 valence electrons. The minimum Gasteiger partial charge on any atom is -0.392 e. The fourth-order valence-electron chi connectivity index (χ4n) is 1.95. The van der Waals surface area contributed by atoms with E-state index in [9.17, 15) is 5.11 Å². The van der Waals surface area contributed by atoms with Crippen molar-refractivity contribution >= 4 is 10.8 Å². The number of pyridine rings is 1. The SMILES string of the molecule is OCc1cnc(-n2ccnc2)c2ccccc12. The van der Waals surface area contributed by atoms with E-state index in [2.05, 4.69) is 9.97 Å². The lowest BCUT2D eigenvalue weighted by molar-refractivity contribution is 0.283. The quantitative estimate of drug-likeness (QED) is 0.724. The zero-order valence-electron chi connectivity index (χ0n) is 9.11. The Bertz CT molecular complexity index is 647. The van der Waals surface area contributed by atoms with E-state index >= 15 is 0 Å². The Morgan fingerprint density at radius 2 is 2.00 bits per heavy atom. The van der Waals surface area contributed by atoms with Crippen LogP contribution in [0.5, 0.6) is 0 Å². The maximum atomic E-state index is 9.30. The predicted octanol–water partition coefficient (Wildman–Crippen LogP) is 1.91. The second-order valence-corrected chi connectivity index (χ2v) is 3.78. The lowest BCUT2D eigenvalue weighted by atomic mass is 10.1. The minimum atomic E-state index is -0.00226. The Balaban J connectivity index is 2.34. The summed E-state index contributed by atoms with van der Waals surface area (Å²) in [7, 11) is 0. The van der Waals surface area contributed by atoms with Crippen LogP contribution in [0.2, 0.25) is 0 Å². The molecule has 0 spiro atoms. The Hall–Kier alpha value is -2.20. The van der Waals surface area contributed by atoms with Crippen molar-refractivity contribution in [3.05, 3.63) is 54.7 Å². The summed E-state index contributed by atoms with van der Waals surface area (Å²) in [6.45, 7) is -0.00226. The molecule has 0 aliphatic heterocycles. The Morgan fingerprint density at radius 1 is 1.18 bits per heavy atom. The topological polar surface area (TPSA) is 50.9 Å². The number of rotatable bonds is 2.